The summed E-state index contributed by atoms with van der Waals surface area (Å²) in [5.41, 5.74) is 1.76. The van der Waals surface area contributed by atoms with Gasteiger partial charge in [-0.15, -0.1) is 5.10 Å². The zero-order valence-corrected chi connectivity index (χ0v) is 10.7. The van der Waals surface area contributed by atoms with Gasteiger partial charge in [-0.1, -0.05) is 0 Å². The summed E-state index contributed by atoms with van der Waals surface area (Å²) in [6.45, 7) is 6.67. The molecular weight excluding hydrogens is 230 g/mol. The standard InChI is InChI=1S/C12H15N5O/c1-7-11(18-10-4-5-13-6-10)8(2)17-12(14-7)15-9(3)16-17/h6,13H,4-5H2,1-3H3. The van der Waals surface area contributed by atoms with Crippen LogP contribution in [0.2, 0.25) is 0 Å². The van der Waals surface area contributed by atoms with Crippen LogP contribution in [-0.4, -0.2) is 26.1 Å². The second kappa shape index (κ2) is 3.97. The number of aromatic nitrogens is 4. The Kier molecular flexibility index (Phi) is 2.43. The predicted molar refractivity (Wildman–Crippen MR) is 66.3 cm³/mol. The number of nitrogens with zero attached hydrogens (tertiary/aromatic N) is 4. The summed E-state index contributed by atoms with van der Waals surface area (Å²) in [6, 6.07) is 0. The van der Waals surface area contributed by atoms with E-state index in [2.05, 4.69) is 20.4 Å². The van der Waals surface area contributed by atoms with Gasteiger partial charge < -0.3 is 10.1 Å². The second-order valence-corrected chi connectivity index (χ2v) is 4.40. The molecule has 3 heterocycles. The van der Waals surface area contributed by atoms with Gasteiger partial charge in [0.2, 0.25) is 0 Å². The highest BCUT2D eigenvalue weighted by Crippen LogP contribution is 2.25. The van der Waals surface area contributed by atoms with E-state index in [0.717, 1.165) is 35.9 Å². The van der Waals surface area contributed by atoms with E-state index in [1.807, 2.05) is 27.0 Å². The average molecular weight is 245 g/mol. The van der Waals surface area contributed by atoms with Crippen LogP contribution < -0.4 is 10.1 Å². The minimum atomic E-state index is 0.619. The van der Waals surface area contributed by atoms with Gasteiger partial charge in [-0.2, -0.15) is 9.50 Å². The summed E-state index contributed by atoms with van der Waals surface area (Å²) in [4.78, 5) is 8.68. The van der Waals surface area contributed by atoms with Crippen molar-refractivity contribution in [1.29, 1.82) is 0 Å². The number of aryl methyl sites for hydroxylation is 3. The first-order chi connectivity index (χ1) is 8.65. The quantitative estimate of drug-likeness (QED) is 0.863. The number of rotatable bonds is 2. The zero-order valence-electron chi connectivity index (χ0n) is 10.7. The SMILES string of the molecule is Cc1nc2nc(C)c(OC3=CNCC3)c(C)n2n1. The lowest BCUT2D eigenvalue weighted by molar-refractivity contribution is 0.402. The van der Waals surface area contributed by atoms with Crippen molar-refractivity contribution < 1.29 is 4.74 Å². The van der Waals surface area contributed by atoms with E-state index >= 15 is 0 Å². The molecule has 1 aliphatic rings. The van der Waals surface area contributed by atoms with Crippen LogP contribution in [0.25, 0.3) is 5.78 Å². The molecule has 0 fully saturated rings. The third-order valence-corrected chi connectivity index (χ3v) is 2.95. The van der Waals surface area contributed by atoms with Crippen molar-refractivity contribution in [3.05, 3.63) is 29.2 Å². The Bertz CT molecular complexity index is 643. The zero-order chi connectivity index (χ0) is 12.7. The number of hydrogen-bond acceptors (Lipinski definition) is 5. The molecule has 94 valence electrons. The van der Waals surface area contributed by atoms with Crippen LogP contribution in [0, 0.1) is 20.8 Å². The predicted octanol–water partition coefficient (Wildman–Crippen LogP) is 1.26. The Hall–Kier alpha value is -2.11. The summed E-state index contributed by atoms with van der Waals surface area (Å²) in [6.07, 6.45) is 2.79. The van der Waals surface area contributed by atoms with Gasteiger partial charge in [0.25, 0.3) is 5.78 Å². The van der Waals surface area contributed by atoms with Crippen molar-refractivity contribution in [2.24, 2.45) is 0 Å². The maximum Gasteiger partial charge on any atom is 0.253 e. The van der Waals surface area contributed by atoms with Gasteiger partial charge >= 0.3 is 0 Å². The Balaban J connectivity index is 2.09. The lowest BCUT2D eigenvalue weighted by Crippen LogP contribution is -2.05. The largest absolute Gasteiger partial charge is 0.456 e. The molecule has 2 aromatic heterocycles. The first-order valence-corrected chi connectivity index (χ1v) is 5.96. The molecule has 6 nitrogen and oxygen atoms in total. The fourth-order valence-corrected chi connectivity index (χ4v) is 2.07. The summed E-state index contributed by atoms with van der Waals surface area (Å²) >= 11 is 0. The van der Waals surface area contributed by atoms with Crippen molar-refractivity contribution in [3.63, 3.8) is 0 Å². The minimum absolute atomic E-state index is 0.619. The number of fused-ring (bicyclic) bond motifs is 1. The maximum absolute atomic E-state index is 5.90. The fourth-order valence-electron chi connectivity index (χ4n) is 2.07. The molecule has 0 aromatic carbocycles. The molecule has 0 spiro atoms. The molecule has 18 heavy (non-hydrogen) atoms. The molecule has 0 radical (unpaired) electrons. The molecule has 0 saturated carbocycles. The third kappa shape index (κ3) is 1.70. The van der Waals surface area contributed by atoms with E-state index in [-0.39, 0.29) is 0 Å². The number of nitrogens with one attached hydrogen (secondary N) is 1. The van der Waals surface area contributed by atoms with Crippen LogP contribution in [0.1, 0.15) is 23.6 Å². The van der Waals surface area contributed by atoms with Crippen LogP contribution in [0.5, 0.6) is 5.75 Å². The molecule has 0 atom stereocenters. The van der Waals surface area contributed by atoms with Gasteiger partial charge in [-0.25, -0.2) is 4.98 Å². The molecule has 3 rings (SSSR count). The van der Waals surface area contributed by atoms with E-state index in [9.17, 15) is 0 Å². The third-order valence-electron chi connectivity index (χ3n) is 2.95. The van der Waals surface area contributed by atoms with Gasteiger partial charge in [0.1, 0.15) is 11.6 Å². The summed E-state index contributed by atoms with van der Waals surface area (Å²) in [5.74, 6) is 3.03. The maximum atomic E-state index is 5.90. The van der Waals surface area contributed by atoms with Gasteiger partial charge in [0.05, 0.1) is 11.4 Å². The molecule has 6 heteroatoms. The van der Waals surface area contributed by atoms with Gasteiger partial charge in [-0.05, 0) is 20.8 Å². The highest BCUT2D eigenvalue weighted by molar-refractivity contribution is 5.41. The number of hydrogen-bond donors (Lipinski definition) is 1. The Morgan fingerprint density at radius 2 is 2.11 bits per heavy atom. The topological polar surface area (TPSA) is 64.3 Å². The fraction of sp³-hybridized carbons (Fsp3) is 0.417. The van der Waals surface area contributed by atoms with E-state index in [4.69, 9.17) is 4.74 Å². The molecule has 1 aliphatic heterocycles. The van der Waals surface area contributed by atoms with Crippen LogP contribution in [-0.2, 0) is 0 Å². The summed E-state index contributed by atoms with van der Waals surface area (Å²) in [5, 5.41) is 7.45. The van der Waals surface area contributed by atoms with E-state index in [1.165, 1.54) is 0 Å². The van der Waals surface area contributed by atoms with Gasteiger partial charge in [-0.3, -0.25) is 0 Å². The summed E-state index contributed by atoms with van der Waals surface area (Å²) < 4.78 is 7.62. The Labute approximate surface area is 105 Å². The Morgan fingerprint density at radius 3 is 2.83 bits per heavy atom. The smallest absolute Gasteiger partial charge is 0.253 e. The van der Waals surface area contributed by atoms with Crippen LogP contribution in [0.3, 0.4) is 0 Å². The highest BCUT2D eigenvalue weighted by Gasteiger charge is 2.16. The molecular formula is C12H15N5O. The molecule has 2 aromatic rings. The minimum Gasteiger partial charge on any atom is -0.456 e. The molecule has 1 N–H and O–H groups in total. The van der Waals surface area contributed by atoms with Gasteiger partial charge in [0, 0.05) is 19.2 Å². The molecule has 0 saturated heterocycles. The van der Waals surface area contributed by atoms with Crippen LogP contribution >= 0.6 is 0 Å². The molecule has 0 unspecified atom stereocenters. The molecule has 0 aliphatic carbocycles. The lowest BCUT2D eigenvalue weighted by Gasteiger charge is -2.11. The summed E-state index contributed by atoms with van der Waals surface area (Å²) in [7, 11) is 0. The van der Waals surface area contributed by atoms with Crippen molar-refractivity contribution >= 4 is 5.78 Å². The molecule has 0 bridgehead atoms. The monoisotopic (exact) mass is 245 g/mol. The van der Waals surface area contributed by atoms with Crippen molar-refractivity contribution in [2.45, 2.75) is 27.2 Å². The van der Waals surface area contributed by atoms with E-state index < -0.39 is 0 Å². The first-order valence-electron chi connectivity index (χ1n) is 5.96. The van der Waals surface area contributed by atoms with Crippen LogP contribution in [0.15, 0.2) is 12.0 Å². The molecule has 0 amide bonds. The van der Waals surface area contributed by atoms with E-state index in [1.54, 1.807) is 4.52 Å². The van der Waals surface area contributed by atoms with Crippen molar-refractivity contribution in [1.82, 2.24) is 24.9 Å². The van der Waals surface area contributed by atoms with Gasteiger partial charge in [0.15, 0.2) is 5.75 Å². The lowest BCUT2D eigenvalue weighted by atomic mass is 10.3. The number of ether oxygens (including phenoxy) is 1. The van der Waals surface area contributed by atoms with Crippen molar-refractivity contribution in [2.75, 3.05) is 6.54 Å². The van der Waals surface area contributed by atoms with Crippen LogP contribution in [0.4, 0.5) is 0 Å². The normalized spacial score (nSPS) is 14.7. The highest BCUT2D eigenvalue weighted by atomic mass is 16.5. The second-order valence-electron chi connectivity index (χ2n) is 4.40. The first kappa shape index (κ1) is 11.0. The van der Waals surface area contributed by atoms with E-state index in [0.29, 0.717) is 11.6 Å². The van der Waals surface area contributed by atoms with Crippen molar-refractivity contribution in [3.8, 4) is 5.75 Å². The average Bonchev–Trinajstić information content (AvgIpc) is 2.93. The Morgan fingerprint density at radius 1 is 1.28 bits per heavy atom.